The highest BCUT2D eigenvalue weighted by Crippen LogP contribution is 2.59. The Morgan fingerprint density at radius 2 is 2.33 bits per heavy atom. The van der Waals surface area contributed by atoms with Gasteiger partial charge < -0.3 is 4.74 Å². The second kappa shape index (κ2) is 3.53. The molecule has 1 fully saturated rings. The van der Waals surface area contributed by atoms with Gasteiger partial charge in [-0.05, 0) is 31.0 Å². The van der Waals surface area contributed by atoms with Gasteiger partial charge in [0.25, 0.3) is 0 Å². The minimum atomic E-state index is -0.348. The van der Waals surface area contributed by atoms with Crippen molar-refractivity contribution >= 4 is 17.6 Å². The third kappa shape index (κ3) is 1.74. The van der Waals surface area contributed by atoms with Gasteiger partial charge in [-0.15, -0.1) is 0 Å². The number of esters is 1. The molecule has 2 unspecified atom stereocenters. The fourth-order valence-electron chi connectivity index (χ4n) is 2.03. The maximum atomic E-state index is 11.5. The predicted octanol–water partition coefficient (Wildman–Crippen LogP) is 3.01. The molecule has 0 N–H and O–H groups in total. The van der Waals surface area contributed by atoms with Crippen LogP contribution < -0.4 is 0 Å². The molecule has 80 valence electrons. The summed E-state index contributed by atoms with van der Waals surface area (Å²) in [6.07, 6.45) is 0.847. The SMILES string of the molecule is COC(=O)C1(C)CC1c1cccc(Cl)c1. The van der Waals surface area contributed by atoms with Gasteiger partial charge in [-0.2, -0.15) is 0 Å². The van der Waals surface area contributed by atoms with Gasteiger partial charge in [0.05, 0.1) is 12.5 Å². The van der Waals surface area contributed by atoms with Gasteiger partial charge in [0.2, 0.25) is 0 Å². The molecule has 1 saturated carbocycles. The van der Waals surface area contributed by atoms with Crippen LogP contribution in [0.3, 0.4) is 0 Å². The fraction of sp³-hybridized carbons (Fsp3) is 0.417. The normalized spacial score (nSPS) is 28.6. The van der Waals surface area contributed by atoms with E-state index in [2.05, 4.69) is 0 Å². The zero-order valence-electron chi connectivity index (χ0n) is 8.79. The van der Waals surface area contributed by atoms with Crippen LogP contribution in [0.5, 0.6) is 0 Å². The Bertz CT molecular complexity index is 402. The molecule has 1 aromatic rings. The second-order valence-corrected chi connectivity index (χ2v) is 4.66. The van der Waals surface area contributed by atoms with Crippen LogP contribution in [0, 0.1) is 5.41 Å². The van der Waals surface area contributed by atoms with E-state index in [1.165, 1.54) is 7.11 Å². The summed E-state index contributed by atoms with van der Waals surface area (Å²) in [4.78, 5) is 11.5. The molecule has 2 rings (SSSR count). The summed E-state index contributed by atoms with van der Waals surface area (Å²) < 4.78 is 4.79. The van der Waals surface area contributed by atoms with Crippen molar-refractivity contribution in [1.82, 2.24) is 0 Å². The zero-order valence-corrected chi connectivity index (χ0v) is 9.54. The highest BCUT2D eigenvalue weighted by Gasteiger charge is 2.57. The summed E-state index contributed by atoms with van der Waals surface area (Å²) in [6.45, 7) is 1.93. The third-order valence-electron chi connectivity index (χ3n) is 3.14. The van der Waals surface area contributed by atoms with Crippen molar-refractivity contribution in [2.45, 2.75) is 19.3 Å². The molecule has 0 heterocycles. The van der Waals surface area contributed by atoms with Gasteiger partial charge in [0.1, 0.15) is 0 Å². The van der Waals surface area contributed by atoms with Crippen LogP contribution in [0.15, 0.2) is 24.3 Å². The van der Waals surface area contributed by atoms with Gasteiger partial charge in [0, 0.05) is 10.9 Å². The Labute approximate surface area is 94.2 Å². The molecule has 3 heteroatoms. The molecule has 1 aliphatic carbocycles. The monoisotopic (exact) mass is 224 g/mol. The quantitative estimate of drug-likeness (QED) is 0.722. The van der Waals surface area contributed by atoms with Gasteiger partial charge in [-0.25, -0.2) is 0 Å². The Morgan fingerprint density at radius 1 is 1.60 bits per heavy atom. The highest BCUT2D eigenvalue weighted by atomic mass is 35.5. The van der Waals surface area contributed by atoms with Crippen molar-refractivity contribution in [2.24, 2.45) is 5.41 Å². The van der Waals surface area contributed by atoms with Crippen molar-refractivity contribution in [3.8, 4) is 0 Å². The van der Waals surface area contributed by atoms with E-state index in [0.717, 1.165) is 12.0 Å². The molecular formula is C12H13ClO2. The number of carbonyl (C=O) groups excluding carboxylic acids is 1. The summed E-state index contributed by atoms with van der Waals surface area (Å²) in [5.41, 5.74) is 0.773. The number of ether oxygens (including phenoxy) is 1. The summed E-state index contributed by atoms with van der Waals surface area (Å²) in [6, 6.07) is 7.67. The Morgan fingerprint density at radius 3 is 2.93 bits per heavy atom. The minimum Gasteiger partial charge on any atom is -0.469 e. The molecule has 1 aromatic carbocycles. The van der Waals surface area contributed by atoms with Crippen molar-refractivity contribution in [1.29, 1.82) is 0 Å². The lowest BCUT2D eigenvalue weighted by molar-refractivity contribution is -0.146. The summed E-state index contributed by atoms with van der Waals surface area (Å²) in [5, 5.41) is 0.714. The third-order valence-corrected chi connectivity index (χ3v) is 3.37. The van der Waals surface area contributed by atoms with E-state index in [-0.39, 0.29) is 17.3 Å². The number of hydrogen-bond donors (Lipinski definition) is 0. The van der Waals surface area contributed by atoms with Crippen LogP contribution in [0.2, 0.25) is 5.02 Å². The van der Waals surface area contributed by atoms with Crippen LogP contribution in [-0.2, 0) is 9.53 Å². The second-order valence-electron chi connectivity index (χ2n) is 4.22. The van der Waals surface area contributed by atoms with Crippen LogP contribution in [-0.4, -0.2) is 13.1 Å². The van der Waals surface area contributed by atoms with Gasteiger partial charge >= 0.3 is 5.97 Å². The maximum Gasteiger partial charge on any atom is 0.312 e. The molecule has 2 atom stereocenters. The fourth-order valence-corrected chi connectivity index (χ4v) is 2.23. The van der Waals surface area contributed by atoms with Crippen LogP contribution >= 0.6 is 11.6 Å². The van der Waals surface area contributed by atoms with Crippen LogP contribution in [0.1, 0.15) is 24.8 Å². The van der Waals surface area contributed by atoms with Gasteiger partial charge in [-0.3, -0.25) is 4.79 Å². The topological polar surface area (TPSA) is 26.3 Å². The van der Waals surface area contributed by atoms with Crippen LogP contribution in [0.25, 0.3) is 0 Å². The molecule has 0 amide bonds. The first-order valence-electron chi connectivity index (χ1n) is 4.92. The number of carbonyl (C=O) groups is 1. The molecule has 0 aliphatic heterocycles. The van der Waals surface area contributed by atoms with Gasteiger partial charge in [-0.1, -0.05) is 23.7 Å². The average Bonchev–Trinajstić information content (AvgIpc) is 2.91. The van der Waals surface area contributed by atoms with Crippen molar-refractivity contribution in [2.75, 3.05) is 7.11 Å². The van der Waals surface area contributed by atoms with E-state index in [0.29, 0.717) is 5.02 Å². The van der Waals surface area contributed by atoms with Crippen molar-refractivity contribution in [3.63, 3.8) is 0 Å². The van der Waals surface area contributed by atoms with Crippen LogP contribution in [0.4, 0.5) is 0 Å². The maximum absolute atomic E-state index is 11.5. The molecular weight excluding hydrogens is 212 g/mol. The molecule has 0 aromatic heterocycles. The first kappa shape index (κ1) is 10.5. The first-order chi connectivity index (χ1) is 7.08. The number of hydrogen-bond acceptors (Lipinski definition) is 2. The molecule has 2 nitrogen and oxygen atoms in total. The van der Waals surface area contributed by atoms with E-state index in [9.17, 15) is 4.79 Å². The van der Waals surface area contributed by atoms with Crippen molar-refractivity contribution in [3.05, 3.63) is 34.9 Å². The highest BCUT2D eigenvalue weighted by molar-refractivity contribution is 6.30. The average molecular weight is 225 g/mol. The molecule has 0 saturated heterocycles. The van der Waals surface area contributed by atoms with E-state index >= 15 is 0 Å². The molecule has 15 heavy (non-hydrogen) atoms. The first-order valence-corrected chi connectivity index (χ1v) is 5.29. The number of halogens is 1. The Kier molecular flexibility index (Phi) is 2.47. The molecule has 0 spiro atoms. The number of methoxy groups -OCH3 is 1. The Hall–Kier alpha value is -1.02. The molecule has 1 aliphatic rings. The molecule has 0 bridgehead atoms. The Balaban J connectivity index is 2.20. The number of benzene rings is 1. The van der Waals surface area contributed by atoms with E-state index in [1.807, 2.05) is 31.2 Å². The summed E-state index contributed by atoms with van der Waals surface area (Å²) >= 11 is 5.91. The zero-order chi connectivity index (χ0) is 11.1. The minimum absolute atomic E-state index is 0.132. The lowest BCUT2D eigenvalue weighted by atomic mass is 10.0. The van der Waals surface area contributed by atoms with E-state index in [1.54, 1.807) is 0 Å². The number of rotatable bonds is 2. The summed E-state index contributed by atoms with van der Waals surface area (Å²) in [5.74, 6) is 0.121. The predicted molar refractivity (Wildman–Crippen MR) is 58.9 cm³/mol. The lowest BCUT2D eigenvalue weighted by Gasteiger charge is -2.08. The molecule has 0 radical (unpaired) electrons. The lowest BCUT2D eigenvalue weighted by Crippen LogP contribution is -2.15. The smallest absolute Gasteiger partial charge is 0.312 e. The summed E-state index contributed by atoms with van der Waals surface area (Å²) in [7, 11) is 1.43. The van der Waals surface area contributed by atoms with E-state index in [4.69, 9.17) is 16.3 Å². The van der Waals surface area contributed by atoms with Gasteiger partial charge in [0.15, 0.2) is 0 Å². The van der Waals surface area contributed by atoms with E-state index < -0.39 is 0 Å². The van der Waals surface area contributed by atoms with Crippen molar-refractivity contribution < 1.29 is 9.53 Å². The largest absolute Gasteiger partial charge is 0.469 e. The standard InChI is InChI=1S/C12H13ClO2/c1-12(11(14)15-2)7-10(12)8-4-3-5-9(13)6-8/h3-6,10H,7H2,1-2H3.